The summed E-state index contributed by atoms with van der Waals surface area (Å²) in [5.74, 6) is 0.219. The number of nitrogens with zero attached hydrogens (tertiary/aromatic N) is 2. The molecule has 6 nitrogen and oxygen atoms in total. The average Bonchev–Trinajstić information content (AvgIpc) is 2.72. The molecule has 0 aliphatic carbocycles. The Morgan fingerprint density at radius 2 is 1.97 bits per heavy atom. The number of hydrogen-bond acceptors (Lipinski definition) is 6. The second-order valence-corrected chi connectivity index (χ2v) is 7.56. The maximum Gasteiger partial charge on any atom is 0.302 e. The second-order valence-electron chi connectivity index (χ2n) is 6.51. The van der Waals surface area contributed by atoms with Gasteiger partial charge >= 0.3 is 5.97 Å². The number of esters is 1. The maximum absolute atomic E-state index is 12.4. The fraction of sp³-hybridized carbons (Fsp3) is 0.435. The van der Waals surface area contributed by atoms with Crippen LogP contribution in [0.25, 0.3) is 0 Å². The maximum atomic E-state index is 12.4. The second kappa shape index (κ2) is 16.1. The van der Waals surface area contributed by atoms with Crippen molar-refractivity contribution in [2.45, 2.75) is 45.8 Å². The third-order valence-electron chi connectivity index (χ3n) is 3.90. The Kier molecular flexibility index (Phi) is 14.7. The van der Waals surface area contributed by atoms with Gasteiger partial charge in [0.15, 0.2) is 0 Å². The van der Waals surface area contributed by atoms with Crippen LogP contribution in [0.5, 0.6) is 0 Å². The minimum Gasteiger partial charge on any atom is -0.466 e. The van der Waals surface area contributed by atoms with Crippen LogP contribution < -0.4 is 5.32 Å². The average molecular weight is 432 g/mol. The highest BCUT2D eigenvalue weighted by Crippen LogP contribution is 2.24. The van der Waals surface area contributed by atoms with Gasteiger partial charge in [-0.25, -0.2) is 0 Å². The number of nitriles is 1. The molecule has 0 spiro atoms. The highest BCUT2D eigenvalue weighted by atomic mass is 32.2. The molecule has 1 atom stereocenters. The van der Waals surface area contributed by atoms with Gasteiger partial charge in [0.25, 0.3) is 0 Å². The monoisotopic (exact) mass is 431 g/mol. The lowest BCUT2D eigenvalue weighted by molar-refractivity contribution is -0.140. The minimum absolute atomic E-state index is 0.0142. The van der Waals surface area contributed by atoms with Crippen LogP contribution in [0.3, 0.4) is 0 Å². The van der Waals surface area contributed by atoms with Crippen molar-refractivity contribution in [3.63, 3.8) is 0 Å². The van der Waals surface area contributed by atoms with Gasteiger partial charge in [-0.15, -0.1) is 11.8 Å². The Morgan fingerprint density at radius 3 is 2.47 bits per heavy atom. The van der Waals surface area contributed by atoms with Crippen molar-refractivity contribution in [2.75, 3.05) is 25.5 Å². The Labute approximate surface area is 185 Å². The van der Waals surface area contributed by atoms with E-state index in [1.807, 2.05) is 37.3 Å². The van der Waals surface area contributed by atoms with Crippen LogP contribution in [0.4, 0.5) is 5.69 Å². The highest BCUT2D eigenvalue weighted by molar-refractivity contribution is 8.03. The number of allylic oxidation sites excluding steroid dienone is 1. The first kappa shape index (κ1) is 27.3. The van der Waals surface area contributed by atoms with Gasteiger partial charge in [0.05, 0.1) is 12.7 Å². The van der Waals surface area contributed by atoms with E-state index in [0.29, 0.717) is 19.1 Å². The molecular formula is C23H33N3O3S. The van der Waals surface area contributed by atoms with Gasteiger partial charge in [-0.3, -0.25) is 9.59 Å². The van der Waals surface area contributed by atoms with Crippen LogP contribution in [0.2, 0.25) is 0 Å². The first-order valence-electron chi connectivity index (χ1n) is 9.88. The molecule has 0 saturated carbocycles. The van der Waals surface area contributed by atoms with Crippen molar-refractivity contribution in [2.24, 2.45) is 0 Å². The number of para-hydroxylation sites is 1. The molecule has 1 amide bonds. The lowest BCUT2D eigenvalue weighted by Gasteiger charge is -2.19. The molecule has 0 fully saturated rings. The largest absolute Gasteiger partial charge is 0.466 e. The van der Waals surface area contributed by atoms with Crippen molar-refractivity contribution >= 4 is 29.3 Å². The summed E-state index contributed by atoms with van der Waals surface area (Å²) in [7, 11) is 1.78. The Hall–Kier alpha value is -2.72. The van der Waals surface area contributed by atoms with E-state index in [0.717, 1.165) is 5.69 Å². The molecule has 0 aliphatic rings. The van der Waals surface area contributed by atoms with Crippen molar-refractivity contribution < 1.29 is 14.3 Å². The molecule has 0 bridgehead atoms. The SMILES string of the molecule is CCN(C)C(=O)C(C=CNc1ccccc1C(C)C)S/C=C/C#N.CCOC(C)=O. The zero-order valence-electron chi connectivity index (χ0n) is 18.7. The number of hydrogen-bond donors (Lipinski definition) is 1. The lowest BCUT2D eigenvalue weighted by Crippen LogP contribution is -2.33. The van der Waals surface area contributed by atoms with Gasteiger partial charge in [-0.1, -0.05) is 32.0 Å². The molecule has 30 heavy (non-hydrogen) atoms. The summed E-state index contributed by atoms with van der Waals surface area (Å²) in [5.41, 5.74) is 2.27. The topological polar surface area (TPSA) is 82.4 Å². The standard InChI is InChI=1S/C19H25N3OS.C4H8O2/c1-5-22(4)19(23)18(24-14-8-12-20)11-13-21-17-10-7-6-9-16(17)15(2)3;1-3-6-4(2)5/h6-11,13-15,18,21H,5H2,1-4H3;3H2,1-2H3/b13-11?,14-8+;. The van der Waals surface area contributed by atoms with Crippen LogP contribution in [-0.4, -0.2) is 42.2 Å². The van der Waals surface area contributed by atoms with E-state index in [-0.39, 0.29) is 17.1 Å². The van der Waals surface area contributed by atoms with E-state index in [9.17, 15) is 9.59 Å². The third-order valence-corrected chi connectivity index (χ3v) is 4.85. The van der Waals surface area contributed by atoms with Crippen LogP contribution in [0.1, 0.15) is 46.1 Å². The summed E-state index contributed by atoms with van der Waals surface area (Å²) >= 11 is 1.32. The number of nitrogens with one attached hydrogen (secondary N) is 1. The van der Waals surface area contributed by atoms with E-state index >= 15 is 0 Å². The van der Waals surface area contributed by atoms with Crippen LogP contribution in [0.15, 0.2) is 48.0 Å². The number of ether oxygens (including phenoxy) is 1. The fourth-order valence-corrected chi connectivity index (χ4v) is 3.05. The zero-order chi connectivity index (χ0) is 22.9. The molecule has 0 radical (unpaired) electrons. The number of amides is 1. The summed E-state index contributed by atoms with van der Waals surface area (Å²) in [6, 6.07) is 10.1. The van der Waals surface area contributed by atoms with E-state index in [2.05, 4.69) is 30.0 Å². The molecule has 164 valence electrons. The van der Waals surface area contributed by atoms with Crippen molar-refractivity contribution in [3.05, 3.63) is 53.6 Å². The molecular weight excluding hydrogens is 398 g/mol. The van der Waals surface area contributed by atoms with E-state index < -0.39 is 0 Å². The van der Waals surface area contributed by atoms with E-state index in [4.69, 9.17) is 5.26 Å². The predicted molar refractivity (Wildman–Crippen MR) is 125 cm³/mol. The summed E-state index contributed by atoms with van der Waals surface area (Å²) in [5, 5.41) is 13.2. The Balaban J connectivity index is 0.00000122. The molecule has 0 saturated heterocycles. The van der Waals surface area contributed by atoms with Gasteiger partial charge in [0, 0.05) is 32.3 Å². The Bertz CT molecular complexity index is 754. The molecule has 1 rings (SSSR count). The van der Waals surface area contributed by atoms with E-state index in [1.54, 1.807) is 30.5 Å². The Morgan fingerprint density at radius 1 is 1.30 bits per heavy atom. The minimum atomic E-state index is -0.363. The van der Waals surface area contributed by atoms with Gasteiger partial charge in [0.1, 0.15) is 5.25 Å². The number of thioether (sulfide) groups is 1. The van der Waals surface area contributed by atoms with Crippen LogP contribution in [-0.2, 0) is 14.3 Å². The van der Waals surface area contributed by atoms with Gasteiger partial charge in [-0.2, -0.15) is 5.26 Å². The molecule has 0 aliphatic heterocycles. The summed E-state index contributed by atoms with van der Waals surface area (Å²) in [6.45, 7) is 10.5. The smallest absolute Gasteiger partial charge is 0.302 e. The molecule has 1 aromatic rings. The highest BCUT2D eigenvalue weighted by Gasteiger charge is 2.18. The molecule has 1 N–H and O–H groups in total. The number of anilines is 1. The summed E-state index contributed by atoms with van der Waals surface area (Å²) < 4.78 is 4.40. The number of benzene rings is 1. The van der Waals surface area contributed by atoms with Gasteiger partial charge < -0.3 is 15.0 Å². The first-order chi connectivity index (χ1) is 14.3. The third kappa shape index (κ3) is 11.3. The van der Waals surface area contributed by atoms with Crippen LogP contribution >= 0.6 is 11.8 Å². The molecule has 7 heteroatoms. The molecule has 0 heterocycles. The first-order valence-corrected chi connectivity index (χ1v) is 10.8. The number of carbonyl (C=O) groups is 2. The molecule has 1 unspecified atom stereocenters. The van der Waals surface area contributed by atoms with Crippen LogP contribution in [0, 0.1) is 11.3 Å². The normalized spacial score (nSPS) is 11.5. The summed E-state index contributed by atoms with van der Waals surface area (Å²) in [6.07, 6.45) is 5.02. The van der Waals surface area contributed by atoms with Gasteiger partial charge in [0.2, 0.25) is 5.91 Å². The lowest BCUT2D eigenvalue weighted by atomic mass is 10.0. The quantitative estimate of drug-likeness (QED) is 0.441. The van der Waals surface area contributed by atoms with Crippen molar-refractivity contribution in [1.82, 2.24) is 4.90 Å². The fourth-order valence-electron chi connectivity index (χ4n) is 2.27. The van der Waals surface area contributed by atoms with Crippen molar-refractivity contribution in [1.29, 1.82) is 5.26 Å². The van der Waals surface area contributed by atoms with Crippen molar-refractivity contribution in [3.8, 4) is 6.07 Å². The van der Waals surface area contributed by atoms with E-state index in [1.165, 1.54) is 30.3 Å². The number of carbonyl (C=O) groups excluding carboxylic acids is 2. The number of rotatable bonds is 9. The molecule has 0 aromatic heterocycles. The summed E-state index contributed by atoms with van der Waals surface area (Å²) in [4.78, 5) is 23.9. The zero-order valence-corrected chi connectivity index (χ0v) is 19.5. The molecule has 1 aromatic carbocycles. The predicted octanol–water partition coefficient (Wildman–Crippen LogP) is 4.92. The van der Waals surface area contributed by atoms with Gasteiger partial charge in [-0.05, 0) is 49.1 Å².